The van der Waals surface area contributed by atoms with Crippen LogP contribution in [0.25, 0.3) is 0 Å². The molecule has 92 valence electrons. The fourth-order valence-corrected chi connectivity index (χ4v) is 3.89. The zero-order valence-electron chi connectivity index (χ0n) is 10.5. The third kappa shape index (κ3) is 1.75. The second kappa shape index (κ2) is 3.74. The SMILES string of the molecule is COc1ccc(C2(N)CC3(CCCC3)C2)cc1. The monoisotopic (exact) mass is 231 g/mol. The van der Waals surface area contributed by atoms with Gasteiger partial charge in [-0.3, -0.25) is 0 Å². The quantitative estimate of drug-likeness (QED) is 0.848. The summed E-state index contributed by atoms with van der Waals surface area (Å²) in [6.07, 6.45) is 7.93. The fraction of sp³-hybridized carbons (Fsp3) is 0.600. The first kappa shape index (κ1) is 11.1. The largest absolute Gasteiger partial charge is 0.497 e. The first-order valence-electron chi connectivity index (χ1n) is 6.59. The molecule has 2 nitrogen and oxygen atoms in total. The molecule has 2 aliphatic rings. The van der Waals surface area contributed by atoms with Crippen LogP contribution in [0.4, 0.5) is 0 Å². The molecule has 0 atom stereocenters. The van der Waals surface area contributed by atoms with Crippen molar-refractivity contribution in [1.82, 2.24) is 0 Å². The van der Waals surface area contributed by atoms with Crippen LogP contribution in [-0.4, -0.2) is 7.11 Å². The summed E-state index contributed by atoms with van der Waals surface area (Å²) < 4.78 is 5.19. The van der Waals surface area contributed by atoms with Gasteiger partial charge in [-0.1, -0.05) is 25.0 Å². The first-order chi connectivity index (χ1) is 8.16. The van der Waals surface area contributed by atoms with Crippen LogP contribution in [0.5, 0.6) is 5.75 Å². The molecule has 0 heterocycles. The molecule has 0 amide bonds. The smallest absolute Gasteiger partial charge is 0.118 e. The van der Waals surface area contributed by atoms with Crippen molar-refractivity contribution in [3.63, 3.8) is 0 Å². The molecule has 2 heteroatoms. The molecule has 0 unspecified atom stereocenters. The van der Waals surface area contributed by atoms with Crippen molar-refractivity contribution in [3.05, 3.63) is 29.8 Å². The number of hydrogen-bond donors (Lipinski definition) is 1. The van der Waals surface area contributed by atoms with Crippen LogP contribution < -0.4 is 10.5 Å². The van der Waals surface area contributed by atoms with Gasteiger partial charge >= 0.3 is 0 Å². The minimum Gasteiger partial charge on any atom is -0.497 e. The molecule has 1 aromatic carbocycles. The molecule has 2 saturated carbocycles. The summed E-state index contributed by atoms with van der Waals surface area (Å²) in [5.41, 5.74) is 8.32. The number of hydrogen-bond acceptors (Lipinski definition) is 2. The molecule has 1 spiro atoms. The lowest BCUT2D eigenvalue weighted by molar-refractivity contribution is 0.0312. The van der Waals surface area contributed by atoms with E-state index in [0.717, 1.165) is 5.75 Å². The van der Waals surface area contributed by atoms with Gasteiger partial charge < -0.3 is 10.5 Å². The summed E-state index contributed by atoms with van der Waals surface area (Å²) in [4.78, 5) is 0. The fourth-order valence-electron chi connectivity index (χ4n) is 3.89. The highest BCUT2D eigenvalue weighted by molar-refractivity contribution is 5.34. The number of methoxy groups -OCH3 is 1. The van der Waals surface area contributed by atoms with E-state index in [0.29, 0.717) is 5.41 Å². The molecular weight excluding hydrogens is 210 g/mol. The highest BCUT2D eigenvalue weighted by atomic mass is 16.5. The summed E-state index contributed by atoms with van der Waals surface area (Å²) in [7, 11) is 1.70. The normalized spacial score (nSPS) is 24.6. The van der Waals surface area contributed by atoms with Crippen LogP contribution in [0, 0.1) is 5.41 Å². The average Bonchev–Trinajstić information content (AvgIpc) is 2.77. The van der Waals surface area contributed by atoms with E-state index in [1.54, 1.807) is 7.11 Å². The van der Waals surface area contributed by atoms with E-state index < -0.39 is 0 Å². The molecule has 0 aromatic heterocycles. The molecular formula is C15H21NO. The lowest BCUT2D eigenvalue weighted by Gasteiger charge is -2.53. The van der Waals surface area contributed by atoms with Crippen molar-refractivity contribution in [2.75, 3.05) is 7.11 Å². The zero-order chi connectivity index (χ0) is 11.9. The van der Waals surface area contributed by atoms with Crippen molar-refractivity contribution in [1.29, 1.82) is 0 Å². The topological polar surface area (TPSA) is 35.2 Å². The van der Waals surface area contributed by atoms with Gasteiger partial charge in [0.15, 0.2) is 0 Å². The van der Waals surface area contributed by atoms with Gasteiger partial charge in [0.25, 0.3) is 0 Å². The maximum absolute atomic E-state index is 6.53. The van der Waals surface area contributed by atoms with Crippen molar-refractivity contribution in [3.8, 4) is 5.75 Å². The van der Waals surface area contributed by atoms with Gasteiger partial charge in [-0.2, -0.15) is 0 Å². The maximum Gasteiger partial charge on any atom is 0.118 e. The summed E-state index contributed by atoms with van der Waals surface area (Å²) in [6, 6.07) is 8.29. The third-order valence-electron chi connectivity index (χ3n) is 4.71. The van der Waals surface area contributed by atoms with E-state index in [2.05, 4.69) is 12.1 Å². The minimum absolute atomic E-state index is 0.0728. The van der Waals surface area contributed by atoms with Gasteiger partial charge in [0.05, 0.1) is 7.11 Å². The van der Waals surface area contributed by atoms with Crippen molar-refractivity contribution in [2.24, 2.45) is 11.1 Å². The van der Waals surface area contributed by atoms with Crippen LogP contribution in [0.1, 0.15) is 44.1 Å². The van der Waals surface area contributed by atoms with Gasteiger partial charge in [-0.25, -0.2) is 0 Å². The molecule has 2 N–H and O–H groups in total. The summed E-state index contributed by atoms with van der Waals surface area (Å²) in [6.45, 7) is 0. The Balaban J connectivity index is 1.76. The Morgan fingerprint density at radius 3 is 2.18 bits per heavy atom. The zero-order valence-corrected chi connectivity index (χ0v) is 10.5. The summed E-state index contributed by atoms with van der Waals surface area (Å²) in [5, 5.41) is 0. The lowest BCUT2D eigenvalue weighted by Crippen LogP contribution is -2.54. The summed E-state index contributed by atoms with van der Waals surface area (Å²) in [5.74, 6) is 0.909. The summed E-state index contributed by atoms with van der Waals surface area (Å²) >= 11 is 0. The van der Waals surface area contributed by atoms with Gasteiger partial charge in [0.2, 0.25) is 0 Å². The second-order valence-electron chi connectivity index (χ2n) is 5.95. The molecule has 2 fully saturated rings. The Labute approximate surface area is 103 Å². The van der Waals surface area contributed by atoms with Gasteiger partial charge in [-0.15, -0.1) is 0 Å². The number of ether oxygens (including phenoxy) is 1. The van der Waals surface area contributed by atoms with E-state index in [1.807, 2.05) is 12.1 Å². The van der Waals surface area contributed by atoms with Crippen molar-refractivity contribution < 1.29 is 4.74 Å². The van der Waals surface area contributed by atoms with Crippen LogP contribution >= 0.6 is 0 Å². The molecule has 0 aliphatic heterocycles. The van der Waals surface area contributed by atoms with Crippen LogP contribution in [-0.2, 0) is 5.54 Å². The Bertz CT molecular complexity index is 395. The maximum atomic E-state index is 6.53. The van der Waals surface area contributed by atoms with Crippen LogP contribution in [0.2, 0.25) is 0 Å². The number of benzene rings is 1. The number of rotatable bonds is 2. The number of nitrogens with two attached hydrogens (primary N) is 1. The molecule has 3 rings (SSSR count). The van der Waals surface area contributed by atoms with Crippen LogP contribution in [0.3, 0.4) is 0 Å². The molecule has 0 bridgehead atoms. The van der Waals surface area contributed by atoms with E-state index in [4.69, 9.17) is 10.5 Å². The second-order valence-corrected chi connectivity index (χ2v) is 5.95. The van der Waals surface area contributed by atoms with Gasteiger partial charge in [0, 0.05) is 5.54 Å². The lowest BCUT2D eigenvalue weighted by atomic mass is 9.55. The van der Waals surface area contributed by atoms with Crippen molar-refractivity contribution in [2.45, 2.75) is 44.1 Å². The van der Waals surface area contributed by atoms with E-state index >= 15 is 0 Å². The van der Waals surface area contributed by atoms with Gasteiger partial charge in [-0.05, 0) is 48.8 Å². The van der Waals surface area contributed by atoms with Crippen molar-refractivity contribution >= 4 is 0 Å². The Morgan fingerprint density at radius 2 is 1.65 bits per heavy atom. The highest BCUT2D eigenvalue weighted by Gasteiger charge is 2.53. The standard InChI is InChI=1S/C15H21NO/c1-17-13-6-4-12(5-7-13)15(16)10-14(11-15)8-2-3-9-14/h4-7H,2-3,8-11,16H2,1H3. The first-order valence-corrected chi connectivity index (χ1v) is 6.59. The third-order valence-corrected chi connectivity index (χ3v) is 4.71. The van der Waals surface area contributed by atoms with E-state index in [-0.39, 0.29) is 5.54 Å². The molecule has 0 saturated heterocycles. The Kier molecular flexibility index (Phi) is 2.44. The predicted molar refractivity (Wildman–Crippen MR) is 69.0 cm³/mol. The van der Waals surface area contributed by atoms with E-state index in [9.17, 15) is 0 Å². The van der Waals surface area contributed by atoms with Crippen LogP contribution in [0.15, 0.2) is 24.3 Å². The Morgan fingerprint density at radius 1 is 1.06 bits per heavy atom. The average molecular weight is 231 g/mol. The molecule has 1 aromatic rings. The minimum atomic E-state index is -0.0728. The highest BCUT2D eigenvalue weighted by Crippen LogP contribution is 2.60. The molecule has 2 aliphatic carbocycles. The molecule has 17 heavy (non-hydrogen) atoms. The molecule has 0 radical (unpaired) electrons. The van der Waals surface area contributed by atoms with Gasteiger partial charge in [0.1, 0.15) is 5.75 Å². The Hall–Kier alpha value is -1.02. The predicted octanol–water partition coefficient (Wildman–Crippen LogP) is 3.20. The van der Waals surface area contributed by atoms with E-state index in [1.165, 1.54) is 44.1 Å².